The van der Waals surface area contributed by atoms with Gasteiger partial charge in [0.15, 0.2) is 6.10 Å². The van der Waals surface area contributed by atoms with Crippen LogP contribution in [0.5, 0.6) is 0 Å². The first kappa shape index (κ1) is 19.3. The van der Waals surface area contributed by atoms with E-state index in [0.717, 1.165) is 24.8 Å². The summed E-state index contributed by atoms with van der Waals surface area (Å²) in [6, 6.07) is 7.07. The van der Waals surface area contributed by atoms with E-state index >= 15 is 0 Å². The van der Waals surface area contributed by atoms with Crippen LogP contribution in [-0.4, -0.2) is 24.5 Å². The van der Waals surface area contributed by atoms with Gasteiger partial charge in [-0.2, -0.15) is 0 Å². The Morgan fingerprint density at radius 1 is 1.28 bits per heavy atom. The van der Waals surface area contributed by atoms with E-state index in [2.05, 4.69) is 11.4 Å². The average molecular weight is 362 g/mol. The van der Waals surface area contributed by atoms with Crippen LogP contribution in [0.2, 0.25) is 5.02 Å². The van der Waals surface area contributed by atoms with Gasteiger partial charge in [-0.15, -0.1) is 0 Å². The molecule has 1 N–H and O–H groups in total. The fraction of sp³-hybridized carbons (Fsp3) is 0.400. The molecule has 4 nitrogen and oxygen atoms in total. The van der Waals surface area contributed by atoms with Crippen molar-refractivity contribution in [2.45, 2.75) is 45.1 Å². The van der Waals surface area contributed by atoms with E-state index in [1.807, 2.05) is 0 Å². The van der Waals surface area contributed by atoms with Crippen molar-refractivity contribution in [3.8, 4) is 0 Å². The molecule has 5 heteroatoms. The van der Waals surface area contributed by atoms with Crippen LogP contribution in [0.3, 0.4) is 0 Å². The fourth-order valence-electron chi connectivity index (χ4n) is 2.63. The summed E-state index contributed by atoms with van der Waals surface area (Å²) in [6.45, 7) is 2.15. The lowest BCUT2D eigenvalue weighted by molar-refractivity contribution is -0.150. The molecule has 0 saturated carbocycles. The van der Waals surface area contributed by atoms with E-state index in [0.29, 0.717) is 11.6 Å². The van der Waals surface area contributed by atoms with Crippen LogP contribution >= 0.6 is 11.6 Å². The third-order valence-electron chi connectivity index (χ3n) is 4.07. The number of ether oxygens (including phenoxy) is 1. The SMILES string of the molecule is C[C@@H](OC(=O)/C=C/c1ccc(Cl)cc1)C(=O)NCCC1=CCCCC1. The number of benzene rings is 1. The molecule has 2 rings (SSSR count). The number of carbonyl (C=O) groups is 2. The molecule has 1 aromatic rings. The molecule has 0 bridgehead atoms. The second-order valence-corrected chi connectivity index (χ2v) is 6.55. The van der Waals surface area contributed by atoms with E-state index < -0.39 is 12.1 Å². The molecular weight excluding hydrogens is 338 g/mol. The van der Waals surface area contributed by atoms with Crippen molar-refractivity contribution < 1.29 is 14.3 Å². The zero-order valence-electron chi connectivity index (χ0n) is 14.5. The largest absolute Gasteiger partial charge is 0.449 e. The molecule has 0 saturated heterocycles. The van der Waals surface area contributed by atoms with Gasteiger partial charge in [0.25, 0.3) is 5.91 Å². The maximum absolute atomic E-state index is 12.0. The van der Waals surface area contributed by atoms with Crippen molar-refractivity contribution in [3.63, 3.8) is 0 Å². The van der Waals surface area contributed by atoms with Crippen LogP contribution in [-0.2, 0) is 14.3 Å². The first-order chi connectivity index (χ1) is 12.0. The van der Waals surface area contributed by atoms with Crippen molar-refractivity contribution in [1.29, 1.82) is 0 Å². The van der Waals surface area contributed by atoms with Crippen LogP contribution in [0.15, 0.2) is 42.0 Å². The van der Waals surface area contributed by atoms with Crippen molar-refractivity contribution in [1.82, 2.24) is 5.32 Å². The van der Waals surface area contributed by atoms with Crippen LogP contribution in [0.1, 0.15) is 44.6 Å². The molecule has 0 fully saturated rings. The monoisotopic (exact) mass is 361 g/mol. The highest BCUT2D eigenvalue weighted by Gasteiger charge is 2.16. The molecule has 0 unspecified atom stereocenters. The summed E-state index contributed by atoms with van der Waals surface area (Å²) >= 11 is 5.81. The van der Waals surface area contributed by atoms with Gasteiger partial charge in [-0.25, -0.2) is 4.79 Å². The van der Waals surface area contributed by atoms with Crippen LogP contribution in [0.4, 0.5) is 0 Å². The summed E-state index contributed by atoms with van der Waals surface area (Å²) in [5, 5.41) is 3.45. The number of nitrogens with one attached hydrogen (secondary N) is 1. The molecule has 0 aliphatic heterocycles. The van der Waals surface area contributed by atoms with E-state index in [1.54, 1.807) is 37.3 Å². The maximum atomic E-state index is 12.0. The molecule has 1 aromatic carbocycles. The number of amides is 1. The lowest BCUT2D eigenvalue weighted by Gasteiger charge is -2.15. The normalized spacial score (nSPS) is 15.5. The minimum Gasteiger partial charge on any atom is -0.449 e. The number of carbonyl (C=O) groups excluding carboxylic acids is 2. The van der Waals surface area contributed by atoms with Gasteiger partial charge < -0.3 is 10.1 Å². The third kappa shape index (κ3) is 7.14. The van der Waals surface area contributed by atoms with Crippen molar-refractivity contribution in [2.24, 2.45) is 0 Å². The molecule has 0 radical (unpaired) electrons. The molecular formula is C20H24ClNO3. The van der Waals surface area contributed by atoms with Crippen LogP contribution in [0, 0.1) is 0 Å². The highest BCUT2D eigenvalue weighted by atomic mass is 35.5. The number of hydrogen-bond acceptors (Lipinski definition) is 3. The molecule has 0 heterocycles. The van der Waals surface area contributed by atoms with Crippen LogP contribution in [0.25, 0.3) is 6.08 Å². The van der Waals surface area contributed by atoms with Crippen molar-refractivity contribution in [2.75, 3.05) is 6.54 Å². The zero-order chi connectivity index (χ0) is 18.1. The van der Waals surface area contributed by atoms with Crippen molar-refractivity contribution >= 4 is 29.6 Å². The van der Waals surface area contributed by atoms with E-state index in [-0.39, 0.29) is 5.91 Å². The second kappa shape index (κ2) is 10.0. The lowest BCUT2D eigenvalue weighted by Crippen LogP contribution is -2.36. The third-order valence-corrected chi connectivity index (χ3v) is 4.33. The molecule has 0 spiro atoms. The summed E-state index contributed by atoms with van der Waals surface area (Å²) in [5.74, 6) is -0.822. The van der Waals surface area contributed by atoms with Gasteiger partial charge in [-0.3, -0.25) is 4.79 Å². The molecule has 25 heavy (non-hydrogen) atoms. The summed E-state index contributed by atoms with van der Waals surface area (Å²) in [4.78, 5) is 23.8. The Morgan fingerprint density at radius 2 is 2.04 bits per heavy atom. The van der Waals surface area contributed by atoms with Gasteiger partial charge in [0.05, 0.1) is 0 Å². The minimum absolute atomic E-state index is 0.273. The summed E-state index contributed by atoms with van der Waals surface area (Å²) < 4.78 is 5.12. The Labute approximate surface area is 153 Å². The van der Waals surface area contributed by atoms with E-state index in [9.17, 15) is 9.59 Å². The quantitative estimate of drug-likeness (QED) is 0.447. The van der Waals surface area contributed by atoms with Gasteiger partial charge in [0.2, 0.25) is 0 Å². The van der Waals surface area contributed by atoms with Gasteiger partial charge >= 0.3 is 5.97 Å². The first-order valence-electron chi connectivity index (χ1n) is 8.64. The Hall–Kier alpha value is -2.07. The smallest absolute Gasteiger partial charge is 0.331 e. The van der Waals surface area contributed by atoms with E-state index in [1.165, 1.54) is 24.5 Å². The molecule has 1 atom stereocenters. The van der Waals surface area contributed by atoms with Crippen LogP contribution < -0.4 is 5.32 Å². The Bertz CT molecular complexity index is 649. The summed E-state index contributed by atoms with van der Waals surface area (Å²) in [7, 11) is 0. The molecule has 1 amide bonds. The standard InChI is InChI=1S/C20H24ClNO3/c1-15(20(24)22-14-13-16-5-3-2-4-6-16)25-19(23)12-9-17-7-10-18(21)11-8-17/h5,7-12,15H,2-4,6,13-14H2,1H3,(H,22,24)/b12-9+/t15-/m1/s1. The first-order valence-corrected chi connectivity index (χ1v) is 9.02. The second-order valence-electron chi connectivity index (χ2n) is 6.11. The van der Waals surface area contributed by atoms with Gasteiger partial charge in [-0.05, 0) is 62.8 Å². The predicted molar refractivity (Wildman–Crippen MR) is 100 cm³/mol. The molecule has 1 aliphatic rings. The number of allylic oxidation sites excluding steroid dienone is 1. The van der Waals surface area contributed by atoms with Crippen molar-refractivity contribution in [3.05, 3.63) is 52.6 Å². The number of esters is 1. The van der Waals surface area contributed by atoms with E-state index in [4.69, 9.17) is 16.3 Å². The fourth-order valence-corrected chi connectivity index (χ4v) is 2.75. The highest BCUT2D eigenvalue weighted by molar-refractivity contribution is 6.30. The summed E-state index contributed by atoms with van der Waals surface area (Å²) in [5.41, 5.74) is 2.24. The number of hydrogen-bond donors (Lipinski definition) is 1. The Kier molecular flexibility index (Phi) is 7.74. The predicted octanol–water partition coefficient (Wildman–Crippen LogP) is 4.29. The maximum Gasteiger partial charge on any atom is 0.331 e. The van der Waals surface area contributed by atoms with Gasteiger partial charge in [0, 0.05) is 17.6 Å². The highest BCUT2D eigenvalue weighted by Crippen LogP contribution is 2.19. The average Bonchev–Trinajstić information content (AvgIpc) is 2.62. The Balaban J connectivity index is 1.71. The Morgan fingerprint density at radius 3 is 2.72 bits per heavy atom. The zero-order valence-corrected chi connectivity index (χ0v) is 15.2. The lowest BCUT2D eigenvalue weighted by atomic mass is 9.97. The minimum atomic E-state index is -0.817. The number of rotatable bonds is 7. The van der Waals surface area contributed by atoms with Gasteiger partial charge in [0.1, 0.15) is 0 Å². The van der Waals surface area contributed by atoms with Gasteiger partial charge in [-0.1, -0.05) is 35.4 Å². The molecule has 0 aromatic heterocycles. The molecule has 134 valence electrons. The summed E-state index contributed by atoms with van der Waals surface area (Å²) in [6.07, 6.45) is 9.98. The number of halogens is 1. The molecule has 1 aliphatic carbocycles. The topological polar surface area (TPSA) is 55.4 Å².